The molecule has 0 saturated carbocycles. The quantitative estimate of drug-likeness (QED) is 0.173. The number of fused-ring (bicyclic) bond motifs is 4. The lowest BCUT2D eigenvalue weighted by molar-refractivity contribution is 1.19. The molecule has 0 spiro atoms. The summed E-state index contributed by atoms with van der Waals surface area (Å²) in [6.07, 6.45) is 0. The van der Waals surface area contributed by atoms with Crippen LogP contribution in [0.25, 0.3) is 98.2 Å². The zero-order valence-electron chi connectivity index (χ0n) is 28.8. The molecule has 2 aromatic heterocycles. The Morgan fingerprint density at radius 1 is 0.283 bits per heavy atom. The van der Waals surface area contributed by atoms with Gasteiger partial charge in [0, 0.05) is 36.9 Å². The van der Waals surface area contributed by atoms with Gasteiger partial charge < -0.3 is 0 Å². The monoisotopic (exact) mass is 692 g/mol. The fraction of sp³-hybridized carbons (Fsp3) is 0. The summed E-state index contributed by atoms with van der Waals surface area (Å²) in [4.78, 5) is 10.4. The normalized spacial score (nSPS) is 11.4. The summed E-state index contributed by atoms with van der Waals surface area (Å²) in [6, 6.07) is 69.2. The summed E-state index contributed by atoms with van der Waals surface area (Å²) in [7, 11) is 0. The van der Waals surface area contributed by atoms with E-state index in [1.807, 2.05) is 23.5 Å². The molecule has 0 atom stereocenters. The van der Waals surface area contributed by atoms with Crippen LogP contribution >= 0.6 is 11.3 Å². The first-order valence-electron chi connectivity index (χ1n) is 17.9. The highest BCUT2D eigenvalue weighted by atomic mass is 32.1. The zero-order valence-corrected chi connectivity index (χ0v) is 29.6. The fourth-order valence-electron chi connectivity index (χ4n) is 7.43. The topological polar surface area (TPSA) is 25.8 Å². The zero-order chi connectivity index (χ0) is 35.1. The first-order chi connectivity index (χ1) is 26.2. The number of benzene rings is 8. The lowest BCUT2D eigenvalue weighted by Gasteiger charge is -2.14. The van der Waals surface area contributed by atoms with E-state index in [9.17, 15) is 0 Å². The SMILES string of the molecule is c1ccc(-c2ccc(-c3cc(-c4ccccc4)nc(-c4ccc(-c5ccc(-c6ccc7sc8ccccc8c7c6)cc5)c5ccccc45)n3)cc2)cc1. The summed E-state index contributed by atoms with van der Waals surface area (Å²) < 4.78 is 2.65. The van der Waals surface area contributed by atoms with Crippen molar-refractivity contribution in [2.24, 2.45) is 0 Å². The molecule has 2 heterocycles. The molecule has 248 valence electrons. The summed E-state index contributed by atoms with van der Waals surface area (Å²) in [5, 5.41) is 4.94. The Hall–Kier alpha value is -6.68. The van der Waals surface area contributed by atoms with Gasteiger partial charge >= 0.3 is 0 Å². The second-order valence-electron chi connectivity index (χ2n) is 13.4. The van der Waals surface area contributed by atoms with Crippen LogP contribution in [0.4, 0.5) is 0 Å². The van der Waals surface area contributed by atoms with Crippen LogP contribution in [0.3, 0.4) is 0 Å². The van der Waals surface area contributed by atoms with Crippen molar-refractivity contribution in [1.29, 1.82) is 0 Å². The van der Waals surface area contributed by atoms with Crippen molar-refractivity contribution in [2.75, 3.05) is 0 Å². The van der Waals surface area contributed by atoms with Gasteiger partial charge in [0.05, 0.1) is 11.4 Å². The van der Waals surface area contributed by atoms with Gasteiger partial charge in [0.1, 0.15) is 0 Å². The molecule has 0 fully saturated rings. The molecule has 8 aromatic carbocycles. The first-order valence-corrected chi connectivity index (χ1v) is 18.7. The Labute approximate surface area is 312 Å². The van der Waals surface area contributed by atoms with Gasteiger partial charge in [-0.2, -0.15) is 0 Å². The van der Waals surface area contributed by atoms with Crippen molar-refractivity contribution in [2.45, 2.75) is 0 Å². The number of hydrogen-bond donors (Lipinski definition) is 0. The third kappa shape index (κ3) is 5.78. The second-order valence-corrected chi connectivity index (χ2v) is 14.4. The summed E-state index contributed by atoms with van der Waals surface area (Å²) >= 11 is 1.86. The highest BCUT2D eigenvalue weighted by Crippen LogP contribution is 2.39. The van der Waals surface area contributed by atoms with Gasteiger partial charge in [0.25, 0.3) is 0 Å². The minimum Gasteiger partial charge on any atom is -0.228 e. The lowest BCUT2D eigenvalue weighted by atomic mass is 9.93. The average Bonchev–Trinajstić information content (AvgIpc) is 3.62. The largest absolute Gasteiger partial charge is 0.228 e. The van der Waals surface area contributed by atoms with Gasteiger partial charge in [-0.15, -0.1) is 11.3 Å². The first kappa shape index (κ1) is 31.1. The van der Waals surface area contributed by atoms with Crippen LogP contribution in [0, 0.1) is 0 Å². The Kier molecular flexibility index (Phi) is 7.71. The Morgan fingerprint density at radius 3 is 1.43 bits per heavy atom. The molecule has 0 bridgehead atoms. The van der Waals surface area contributed by atoms with Crippen LogP contribution in [0.1, 0.15) is 0 Å². The van der Waals surface area contributed by atoms with Gasteiger partial charge in [-0.1, -0.05) is 164 Å². The minimum absolute atomic E-state index is 0.711. The van der Waals surface area contributed by atoms with Gasteiger partial charge in [0.2, 0.25) is 0 Å². The molecule has 0 aliphatic heterocycles. The molecule has 0 saturated heterocycles. The molecule has 0 amide bonds. The molecule has 2 nitrogen and oxygen atoms in total. The maximum absolute atomic E-state index is 5.23. The highest BCUT2D eigenvalue weighted by molar-refractivity contribution is 7.25. The molecular formula is C50H32N2S. The Bertz CT molecular complexity index is 2910. The van der Waals surface area contributed by atoms with E-state index in [0.29, 0.717) is 5.82 Å². The smallest absolute Gasteiger partial charge is 0.161 e. The molecule has 0 unspecified atom stereocenters. The second kappa shape index (κ2) is 13.1. The molecule has 0 N–H and O–H groups in total. The van der Waals surface area contributed by atoms with Crippen molar-refractivity contribution < 1.29 is 0 Å². The van der Waals surface area contributed by atoms with E-state index in [0.717, 1.165) is 33.5 Å². The van der Waals surface area contributed by atoms with Crippen molar-refractivity contribution in [1.82, 2.24) is 9.97 Å². The van der Waals surface area contributed by atoms with E-state index in [2.05, 4.69) is 182 Å². The minimum atomic E-state index is 0.711. The molecule has 10 aromatic rings. The fourth-order valence-corrected chi connectivity index (χ4v) is 8.52. The van der Waals surface area contributed by atoms with Crippen molar-refractivity contribution in [3.63, 3.8) is 0 Å². The van der Waals surface area contributed by atoms with Gasteiger partial charge in [-0.05, 0) is 74.5 Å². The summed E-state index contributed by atoms with van der Waals surface area (Å²) in [5.41, 5.74) is 12.1. The number of aromatic nitrogens is 2. The molecule has 0 radical (unpaired) electrons. The van der Waals surface area contributed by atoms with Crippen LogP contribution in [0.2, 0.25) is 0 Å². The highest BCUT2D eigenvalue weighted by Gasteiger charge is 2.16. The molecule has 3 heteroatoms. The van der Waals surface area contributed by atoms with Crippen molar-refractivity contribution >= 4 is 42.3 Å². The van der Waals surface area contributed by atoms with Crippen molar-refractivity contribution in [3.05, 3.63) is 194 Å². The molecule has 0 aliphatic carbocycles. The third-order valence-electron chi connectivity index (χ3n) is 10.2. The maximum atomic E-state index is 5.23. The predicted octanol–water partition coefficient (Wildman–Crippen LogP) is 14.0. The third-order valence-corrected chi connectivity index (χ3v) is 11.3. The average molecular weight is 693 g/mol. The van der Waals surface area contributed by atoms with Crippen LogP contribution in [0.15, 0.2) is 194 Å². The lowest BCUT2D eigenvalue weighted by Crippen LogP contribution is -1.97. The van der Waals surface area contributed by atoms with E-state index in [-0.39, 0.29) is 0 Å². The van der Waals surface area contributed by atoms with Crippen LogP contribution in [-0.2, 0) is 0 Å². The molecule has 10 rings (SSSR count). The molecule has 53 heavy (non-hydrogen) atoms. The van der Waals surface area contributed by atoms with E-state index < -0.39 is 0 Å². The van der Waals surface area contributed by atoms with E-state index >= 15 is 0 Å². The number of hydrogen-bond acceptors (Lipinski definition) is 3. The van der Waals surface area contributed by atoms with Gasteiger partial charge in [0.15, 0.2) is 5.82 Å². The van der Waals surface area contributed by atoms with Crippen molar-refractivity contribution in [3.8, 4) is 67.3 Å². The van der Waals surface area contributed by atoms with Crippen LogP contribution in [0.5, 0.6) is 0 Å². The Balaban J connectivity index is 1.04. The standard InChI is InChI=1S/C50H32N2S/c1-3-11-33(12-4-1)34-21-25-38(26-22-34)47-32-46(37-13-5-2-6-14-37)51-50(52-47)44-29-28-40(41-15-7-8-16-42(41)44)36-23-19-35(20-24-36)39-27-30-49-45(31-39)43-17-9-10-18-48(43)53-49/h1-32H. The number of thiophene rings is 1. The molecular weight excluding hydrogens is 661 g/mol. The van der Waals surface area contributed by atoms with Gasteiger partial charge in [-0.3, -0.25) is 0 Å². The number of nitrogens with zero attached hydrogens (tertiary/aromatic N) is 2. The summed E-state index contributed by atoms with van der Waals surface area (Å²) in [5.74, 6) is 0.711. The Morgan fingerprint density at radius 2 is 0.736 bits per heavy atom. The van der Waals surface area contributed by atoms with Crippen LogP contribution in [-0.4, -0.2) is 9.97 Å². The van der Waals surface area contributed by atoms with E-state index in [1.165, 1.54) is 58.9 Å². The maximum Gasteiger partial charge on any atom is 0.161 e. The molecule has 0 aliphatic rings. The predicted molar refractivity (Wildman–Crippen MR) is 225 cm³/mol. The summed E-state index contributed by atoms with van der Waals surface area (Å²) in [6.45, 7) is 0. The van der Waals surface area contributed by atoms with Crippen LogP contribution < -0.4 is 0 Å². The van der Waals surface area contributed by atoms with E-state index in [1.54, 1.807) is 0 Å². The van der Waals surface area contributed by atoms with Gasteiger partial charge in [-0.25, -0.2) is 9.97 Å². The van der Waals surface area contributed by atoms with E-state index in [4.69, 9.17) is 9.97 Å². The number of rotatable bonds is 6.